The molecule has 4 amide bonds. The van der Waals surface area contributed by atoms with Crippen molar-refractivity contribution in [2.45, 2.75) is 25.7 Å². The molecule has 0 saturated carbocycles. The number of benzene rings is 2. The molecule has 9 nitrogen and oxygen atoms in total. The van der Waals surface area contributed by atoms with Crippen LogP contribution in [0.5, 0.6) is 0 Å². The van der Waals surface area contributed by atoms with Gasteiger partial charge in [0.05, 0.1) is 11.8 Å². The Kier molecular flexibility index (Phi) is 6.85. The van der Waals surface area contributed by atoms with Crippen molar-refractivity contribution < 1.29 is 33.6 Å². The van der Waals surface area contributed by atoms with E-state index in [1.165, 1.54) is 0 Å². The summed E-state index contributed by atoms with van der Waals surface area (Å²) in [5.41, 5.74) is 1.33. The maximum absolute atomic E-state index is 12.6. The summed E-state index contributed by atoms with van der Waals surface area (Å²) in [4.78, 5) is 71.3. The number of carbonyl (C=O) groups excluding carboxylic acids is 5. The van der Waals surface area contributed by atoms with Crippen LogP contribution in [0.3, 0.4) is 0 Å². The normalized spacial score (nSPS) is 20.3. The lowest BCUT2D eigenvalue weighted by Crippen LogP contribution is -2.39. The molecule has 2 unspecified atom stereocenters. The van der Waals surface area contributed by atoms with Gasteiger partial charge in [0, 0.05) is 22.9 Å². The molecule has 34 heavy (non-hydrogen) atoms. The minimum absolute atomic E-state index is 0.173. The molecule has 0 aromatic heterocycles. The minimum Gasteiger partial charge on any atom is -0.293 e. The van der Waals surface area contributed by atoms with E-state index in [0.29, 0.717) is 21.2 Å². The minimum atomic E-state index is -1.56. The van der Waals surface area contributed by atoms with Gasteiger partial charge in [0.1, 0.15) is 0 Å². The van der Waals surface area contributed by atoms with E-state index >= 15 is 0 Å². The molecule has 2 aliphatic rings. The number of carbonyl (C=O) groups is 5. The second-order valence-corrected chi connectivity index (χ2v) is 8.69. The number of imide groups is 2. The van der Waals surface area contributed by atoms with Gasteiger partial charge in [-0.1, -0.05) is 69.7 Å². The highest BCUT2D eigenvalue weighted by atomic mass is 35.5. The van der Waals surface area contributed by atoms with Crippen molar-refractivity contribution in [3.8, 4) is 0 Å². The highest BCUT2D eigenvalue weighted by Gasteiger charge is 2.45. The zero-order valence-electron chi connectivity index (χ0n) is 17.6. The van der Waals surface area contributed by atoms with Crippen molar-refractivity contribution in [2.24, 2.45) is 11.8 Å². The third-order valence-corrected chi connectivity index (χ3v) is 6.31. The maximum Gasteiger partial charge on any atom is 0.560 e. The monoisotopic (exact) mass is 504 g/mol. The molecule has 2 fully saturated rings. The summed E-state index contributed by atoms with van der Waals surface area (Å²) in [7, 11) is 0. The fraction of sp³-hybridized carbons (Fsp3) is 0.261. The number of hydroxylamine groups is 4. The van der Waals surface area contributed by atoms with Crippen LogP contribution in [-0.4, -0.2) is 39.9 Å². The molecule has 0 spiro atoms. The molecule has 0 radical (unpaired) electrons. The third-order valence-electron chi connectivity index (χ3n) is 5.57. The standard InChI is InChI=1S/C23H18Cl2N2O7/c24-17-7-3-1-5-13(17)9-15-11-19(28)26(21(15)30)33-23(32)34-27-20(29)12-16(22(27)31)10-14-6-2-4-8-18(14)25/h1-8,15-16H,9-12H2. The van der Waals surface area contributed by atoms with E-state index in [1.54, 1.807) is 48.5 Å². The van der Waals surface area contributed by atoms with Crippen LogP contribution < -0.4 is 0 Å². The van der Waals surface area contributed by atoms with Crippen molar-refractivity contribution in [1.82, 2.24) is 10.1 Å². The topological polar surface area (TPSA) is 110 Å². The molecule has 11 heteroatoms. The lowest BCUT2D eigenvalue weighted by molar-refractivity contribution is -0.199. The molecule has 176 valence electrons. The van der Waals surface area contributed by atoms with Crippen LogP contribution in [0, 0.1) is 11.8 Å². The van der Waals surface area contributed by atoms with E-state index in [9.17, 15) is 24.0 Å². The highest BCUT2D eigenvalue weighted by Crippen LogP contribution is 2.29. The van der Waals surface area contributed by atoms with Crippen LogP contribution in [0.25, 0.3) is 0 Å². The van der Waals surface area contributed by atoms with Gasteiger partial charge in [0.2, 0.25) is 0 Å². The fourth-order valence-corrected chi connectivity index (χ4v) is 4.30. The summed E-state index contributed by atoms with van der Waals surface area (Å²) >= 11 is 12.2. The average molecular weight is 505 g/mol. The number of rotatable bonds is 6. The van der Waals surface area contributed by atoms with Crippen molar-refractivity contribution in [1.29, 1.82) is 0 Å². The van der Waals surface area contributed by atoms with Gasteiger partial charge in [-0.25, -0.2) is 0 Å². The molecular formula is C23H18Cl2N2O7. The van der Waals surface area contributed by atoms with E-state index in [0.717, 1.165) is 0 Å². The molecule has 2 saturated heterocycles. The van der Waals surface area contributed by atoms with Crippen LogP contribution in [0.4, 0.5) is 4.79 Å². The van der Waals surface area contributed by atoms with Crippen LogP contribution in [0.2, 0.25) is 10.0 Å². The van der Waals surface area contributed by atoms with E-state index in [-0.39, 0.29) is 35.8 Å². The Morgan fingerprint density at radius 2 is 1.12 bits per heavy atom. The molecule has 2 atom stereocenters. The van der Waals surface area contributed by atoms with Crippen molar-refractivity contribution >= 4 is 53.0 Å². The molecule has 0 aliphatic carbocycles. The number of amides is 4. The smallest absolute Gasteiger partial charge is 0.293 e. The van der Waals surface area contributed by atoms with Crippen molar-refractivity contribution in [3.05, 3.63) is 69.7 Å². The van der Waals surface area contributed by atoms with Gasteiger partial charge in [0.15, 0.2) is 0 Å². The Morgan fingerprint density at radius 3 is 1.50 bits per heavy atom. The maximum atomic E-state index is 12.6. The summed E-state index contributed by atoms with van der Waals surface area (Å²) in [6, 6.07) is 13.7. The predicted molar refractivity (Wildman–Crippen MR) is 118 cm³/mol. The van der Waals surface area contributed by atoms with Crippen molar-refractivity contribution in [2.75, 3.05) is 0 Å². The molecule has 0 N–H and O–H groups in total. The van der Waals surface area contributed by atoms with E-state index in [4.69, 9.17) is 32.9 Å². The molecule has 2 aromatic rings. The molecule has 2 heterocycles. The highest BCUT2D eigenvalue weighted by molar-refractivity contribution is 6.31. The van der Waals surface area contributed by atoms with Gasteiger partial charge >= 0.3 is 6.16 Å². The second kappa shape index (κ2) is 9.82. The van der Waals surface area contributed by atoms with Crippen LogP contribution in [0.15, 0.2) is 48.5 Å². The second-order valence-electron chi connectivity index (χ2n) is 7.88. The van der Waals surface area contributed by atoms with Gasteiger partial charge in [-0.05, 0) is 36.1 Å². The van der Waals surface area contributed by atoms with Gasteiger partial charge in [0.25, 0.3) is 23.6 Å². The van der Waals surface area contributed by atoms with E-state index in [1.807, 2.05) is 0 Å². The first-order valence-electron chi connectivity index (χ1n) is 10.3. The molecule has 2 aliphatic heterocycles. The Hall–Kier alpha value is -3.43. The number of halogens is 2. The summed E-state index contributed by atoms with van der Waals surface area (Å²) in [6.07, 6.45) is -1.60. The molecular weight excluding hydrogens is 487 g/mol. The van der Waals surface area contributed by atoms with Gasteiger partial charge in [-0.3, -0.25) is 28.9 Å². The lowest BCUT2D eigenvalue weighted by atomic mass is 9.98. The largest absolute Gasteiger partial charge is 0.560 e. The molecule has 4 rings (SSSR count). The Morgan fingerprint density at radius 1 is 0.735 bits per heavy atom. The van der Waals surface area contributed by atoms with Crippen molar-refractivity contribution in [3.63, 3.8) is 0 Å². The third kappa shape index (κ3) is 4.90. The fourth-order valence-electron chi connectivity index (χ4n) is 3.87. The molecule has 0 bridgehead atoms. The predicted octanol–water partition coefficient (Wildman–Crippen LogP) is 3.51. The van der Waals surface area contributed by atoms with Gasteiger partial charge in [-0.15, -0.1) is 0 Å². The average Bonchev–Trinajstić information content (AvgIpc) is 3.21. The summed E-state index contributed by atoms with van der Waals surface area (Å²) in [6.45, 7) is 0. The first kappa shape index (κ1) is 23.7. The van der Waals surface area contributed by atoms with Gasteiger partial charge < -0.3 is 0 Å². The number of hydrogen-bond acceptors (Lipinski definition) is 7. The summed E-state index contributed by atoms with van der Waals surface area (Å²) < 4.78 is 0. The van der Waals surface area contributed by atoms with E-state index < -0.39 is 41.6 Å². The number of hydrogen-bond donors (Lipinski definition) is 0. The number of nitrogens with zero attached hydrogens (tertiary/aromatic N) is 2. The zero-order valence-corrected chi connectivity index (χ0v) is 19.1. The first-order valence-corrected chi connectivity index (χ1v) is 11.1. The van der Waals surface area contributed by atoms with Crippen LogP contribution in [-0.2, 0) is 41.7 Å². The Bertz CT molecular complexity index is 1100. The summed E-state index contributed by atoms with van der Waals surface area (Å²) in [5, 5.41) is 1.46. The summed E-state index contributed by atoms with van der Waals surface area (Å²) in [5.74, 6) is -4.58. The SMILES string of the molecule is O=C(ON1C(=O)CC(Cc2ccccc2Cl)C1=O)ON1C(=O)CC(Cc2ccccc2Cl)C1=O. The molecule has 2 aromatic carbocycles. The zero-order chi connectivity index (χ0) is 24.4. The first-order chi connectivity index (χ1) is 16.2. The van der Waals surface area contributed by atoms with E-state index in [2.05, 4.69) is 0 Å². The van der Waals surface area contributed by atoms with Crippen LogP contribution >= 0.6 is 23.2 Å². The quantitative estimate of drug-likeness (QED) is 0.553. The van der Waals surface area contributed by atoms with Crippen LogP contribution in [0.1, 0.15) is 24.0 Å². The Labute approximate surface area is 204 Å². The van der Waals surface area contributed by atoms with Gasteiger partial charge in [-0.2, -0.15) is 4.79 Å². The lowest BCUT2D eigenvalue weighted by Gasteiger charge is -2.17. The Balaban J connectivity index is 1.35.